The molecular weight excluding hydrogens is 674 g/mol. The molecule has 3 heterocycles. The zero-order valence-corrected chi connectivity index (χ0v) is 28.8. The van der Waals surface area contributed by atoms with Gasteiger partial charge in [-0.2, -0.15) is 5.10 Å². The molecular formula is C40H37F4N5O3. The van der Waals surface area contributed by atoms with Gasteiger partial charge in [0.25, 0.3) is 11.5 Å². The molecule has 0 bridgehead atoms. The fourth-order valence-corrected chi connectivity index (χ4v) is 7.19. The third-order valence-corrected chi connectivity index (χ3v) is 9.48. The molecule has 1 amide bonds. The van der Waals surface area contributed by atoms with Crippen LogP contribution in [0.2, 0.25) is 0 Å². The van der Waals surface area contributed by atoms with Gasteiger partial charge in [-0.1, -0.05) is 42.5 Å². The second-order valence-corrected chi connectivity index (χ2v) is 13.9. The summed E-state index contributed by atoms with van der Waals surface area (Å²) in [4.78, 5) is 30.3. The van der Waals surface area contributed by atoms with Crippen LogP contribution < -0.4 is 15.6 Å². The number of aromatic amines is 2. The number of hydrogen-bond donors (Lipinski definition) is 3. The number of fused-ring (bicyclic) bond motifs is 4. The SMILES string of the molecule is C[C@H]1Cc2c([nH]c3ccccc23)[C@H](c2c(F)cc(OCCNC(=O)c3cc(Cc4n[nH]c(=O)c5ccccc45)ccc3F)cc2F)N1CC(C)(C)F. The number of alkyl halides is 1. The van der Waals surface area contributed by atoms with Crippen molar-refractivity contribution in [2.45, 2.75) is 51.4 Å². The number of carbonyl (C=O) groups excluding carboxylic acids is 1. The zero-order chi connectivity index (χ0) is 36.7. The number of aromatic nitrogens is 3. The van der Waals surface area contributed by atoms with Crippen molar-refractivity contribution in [1.82, 2.24) is 25.4 Å². The Kier molecular flexibility index (Phi) is 9.35. The molecule has 8 nitrogen and oxygen atoms in total. The number of nitrogens with one attached hydrogen (secondary N) is 3. The number of amides is 1. The highest BCUT2D eigenvalue weighted by molar-refractivity contribution is 5.94. The minimum Gasteiger partial charge on any atom is -0.492 e. The van der Waals surface area contributed by atoms with E-state index in [4.69, 9.17) is 4.74 Å². The molecule has 0 spiro atoms. The van der Waals surface area contributed by atoms with E-state index < -0.39 is 35.1 Å². The first-order valence-electron chi connectivity index (χ1n) is 17.1. The van der Waals surface area contributed by atoms with Crippen LogP contribution in [0.15, 0.2) is 83.7 Å². The molecule has 2 aromatic heterocycles. The van der Waals surface area contributed by atoms with Crippen LogP contribution in [0.1, 0.15) is 65.2 Å². The molecule has 1 aliphatic rings. The van der Waals surface area contributed by atoms with E-state index in [1.807, 2.05) is 31.2 Å². The summed E-state index contributed by atoms with van der Waals surface area (Å²) in [6.07, 6.45) is 0.818. The molecule has 52 heavy (non-hydrogen) atoms. The number of para-hydroxylation sites is 1. The van der Waals surface area contributed by atoms with E-state index in [1.54, 1.807) is 29.2 Å². The van der Waals surface area contributed by atoms with Crippen molar-refractivity contribution < 1.29 is 27.1 Å². The molecule has 0 saturated heterocycles. The van der Waals surface area contributed by atoms with E-state index in [1.165, 1.54) is 32.0 Å². The number of hydrogen-bond acceptors (Lipinski definition) is 5. The molecule has 3 N–H and O–H groups in total. The molecule has 6 aromatic rings. The van der Waals surface area contributed by atoms with Gasteiger partial charge < -0.3 is 15.0 Å². The highest BCUT2D eigenvalue weighted by Gasteiger charge is 2.41. The van der Waals surface area contributed by atoms with Crippen LogP contribution in [0, 0.1) is 17.5 Å². The third-order valence-electron chi connectivity index (χ3n) is 9.48. The van der Waals surface area contributed by atoms with E-state index in [9.17, 15) is 14.0 Å². The van der Waals surface area contributed by atoms with E-state index >= 15 is 13.2 Å². The van der Waals surface area contributed by atoms with Gasteiger partial charge in [-0.15, -0.1) is 0 Å². The number of benzene rings is 4. The number of ether oxygens (including phenoxy) is 1. The molecule has 0 fully saturated rings. The number of rotatable bonds is 10. The van der Waals surface area contributed by atoms with Crippen molar-refractivity contribution in [2.24, 2.45) is 0 Å². The summed E-state index contributed by atoms with van der Waals surface area (Å²) in [6.45, 7) is 4.52. The lowest BCUT2D eigenvalue weighted by atomic mass is 9.87. The second-order valence-electron chi connectivity index (χ2n) is 13.9. The monoisotopic (exact) mass is 711 g/mol. The summed E-state index contributed by atoms with van der Waals surface area (Å²) in [7, 11) is 0. The van der Waals surface area contributed by atoms with Crippen molar-refractivity contribution in [1.29, 1.82) is 0 Å². The number of carbonyl (C=O) groups is 1. The lowest BCUT2D eigenvalue weighted by Gasteiger charge is -2.43. The Labute approximate surface area is 296 Å². The van der Waals surface area contributed by atoms with Crippen molar-refractivity contribution in [3.63, 3.8) is 0 Å². The minimum atomic E-state index is -1.63. The lowest BCUT2D eigenvalue weighted by Crippen LogP contribution is -2.48. The van der Waals surface area contributed by atoms with Crippen molar-refractivity contribution >= 4 is 27.6 Å². The maximum Gasteiger partial charge on any atom is 0.272 e. The van der Waals surface area contributed by atoms with E-state index in [0.29, 0.717) is 34.1 Å². The number of halogens is 4. The Morgan fingerprint density at radius 2 is 1.65 bits per heavy atom. The predicted molar refractivity (Wildman–Crippen MR) is 191 cm³/mol. The highest BCUT2D eigenvalue weighted by atomic mass is 19.1. The summed E-state index contributed by atoms with van der Waals surface area (Å²) in [5.74, 6) is -3.24. The van der Waals surface area contributed by atoms with E-state index in [-0.39, 0.29) is 54.6 Å². The van der Waals surface area contributed by atoms with Gasteiger partial charge in [0.05, 0.1) is 29.2 Å². The maximum absolute atomic E-state index is 16.0. The smallest absolute Gasteiger partial charge is 0.272 e. The summed E-state index contributed by atoms with van der Waals surface area (Å²) in [6, 6.07) is 19.8. The standard InChI is InChI=1S/C40H37F4N5O3/c1-22-16-28-26-9-6-7-11-33(26)46-36(28)37(49(22)21-40(2,3)44)35-31(42)19-24(20-32(35)43)52-15-14-45-38(50)29-17-23(12-13-30(29)41)18-34-25-8-4-5-10-27(25)39(51)48-47-34/h4-13,17,19-20,22,37,46H,14-16,18,21H2,1-3H3,(H,45,50)(H,48,51)/t22-,37-/m0/s1. The summed E-state index contributed by atoms with van der Waals surface area (Å²) >= 11 is 0. The Hall–Kier alpha value is -5.49. The average Bonchev–Trinajstić information content (AvgIpc) is 3.47. The molecule has 0 radical (unpaired) electrons. The van der Waals surface area contributed by atoms with Crippen LogP contribution in [-0.2, 0) is 12.8 Å². The van der Waals surface area contributed by atoms with Crippen LogP contribution in [0.5, 0.6) is 5.75 Å². The Morgan fingerprint density at radius 1 is 0.962 bits per heavy atom. The number of H-pyrrole nitrogens is 2. The summed E-state index contributed by atoms with van der Waals surface area (Å²) in [5, 5.41) is 11.3. The average molecular weight is 712 g/mol. The van der Waals surface area contributed by atoms with Crippen LogP contribution >= 0.6 is 0 Å². The quantitative estimate of drug-likeness (QED) is 0.102. The van der Waals surface area contributed by atoms with E-state index in [0.717, 1.165) is 28.6 Å². The largest absolute Gasteiger partial charge is 0.492 e. The maximum atomic E-state index is 16.0. The van der Waals surface area contributed by atoms with Gasteiger partial charge in [-0.3, -0.25) is 14.5 Å². The minimum absolute atomic E-state index is 0.0467. The molecule has 4 aromatic carbocycles. The first-order chi connectivity index (χ1) is 24.9. The van der Waals surface area contributed by atoms with Crippen LogP contribution in [-0.4, -0.2) is 57.4 Å². The topological polar surface area (TPSA) is 103 Å². The normalized spacial score (nSPS) is 16.3. The molecule has 268 valence electrons. The van der Waals surface area contributed by atoms with E-state index in [2.05, 4.69) is 20.5 Å². The fraction of sp³-hybridized carbons (Fsp3) is 0.275. The van der Waals surface area contributed by atoms with Gasteiger partial charge in [-0.25, -0.2) is 22.7 Å². The summed E-state index contributed by atoms with van der Waals surface area (Å²) in [5.41, 5.74) is 1.18. The van der Waals surface area contributed by atoms with Gasteiger partial charge in [0.1, 0.15) is 35.5 Å². The van der Waals surface area contributed by atoms with Gasteiger partial charge in [-0.05, 0) is 62.6 Å². The van der Waals surface area contributed by atoms with Gasteiger partial charge in [0.2, 0.25) is 0 Å². The highest BCUT2D eigenvalue weighted by Crippen LogP contribution is 2.43. The fourth-order valence-electron chi connectivity index (χ4n) is 7.19. The predicted octanol–water partition coefficient (Wildman–Crippen LogP) is 7.31. The summed E-state index contributed by atoms with van der Waals surface area (Å²) < 4.78 is 67.4. The molecule has 2 atom stereocenters. The van der Waals surface area contributed by atoms with Crippen LogP contribution in [0.25, 0.3) is 21.7 Å². The Morgan fingerprint density at radius 3 is 2.38 bits per heavy atom. The lowest BCUT2D eigenvalue weighted by molar-refractivity contribution is 0.0642. The molecule has 0 saturated carbocycles. The zero-order valence-electron chi connectivity index (χ0n) is 28.8. The van der Waals surface area contributed by atoms with Crippen molar-refractivity contribution in [3.8, 4) is 5.75 Å². The van der Waals surface area contributed by atoms with Gasteiger partial charge in [0, 0.05) is 58.7 Å². The Balaban J connectivity index is 1.05. The second kappa shape index (κ2) is 13.9. The van der Waals surface area contributed by atoms with Crippen LogP contribution in [0.4, 0.5) is 17.6 Å². The molecule has 0 unspecified atom stereocenters. The first-order valence-corrected chi connectivity index (χ1v) is 17.1. The molecule has 7 rings (SSSR count). The van der Waals surface area contributed by atoms with Crippen LogP contribution in [0.3, 0.4) is 0 Å². The van der Waals surface area contributed by atoms with Gasteiger partial charge in [0.15, 0.2) is 0 Å². The Bertz CT molecular complexity index is 2340. The first kappa shape index (κ1) is 34.9. The molecule has 12 heteroatoms. The molecule has 1 aliphatic heterocycles. The van der Waals surface area contributed by atoms with Gasteiger partial charge >= 0.3 is 0 Å². The number of nitrogens with zero attached hydrogens (tertiary/aromatic N) is 2. The van der Waals surface area contributed by atoms with Crippen molar-refractivity contribution in [2.75, 3.05) is 19.7 Å². The third kappa shape index (κ3) is 6.90. The van der Waals surface area contributed by atoms with Crippen molar-refractivity contribution in [3.05, 3.63) is 140 Å². The molecule has 0 aliphatic carbocycles.